The number of benzene rings is 1. The van der Waals surface area contributed by atoms with Crippen LogP contribution in [-0.4, -0.2) is 9.97 Å². The number of hydrogen-bond donors (Lipinski definition) is 2. The first-order chi connectivity index (χ1) is 8.81. The van der Waals surface area contributed by atoms with Crippen LogP contribution >= 0.6 is 0 Å². The fourth-order valence-electron chi connectivity index (χ4n) is 3.02. The van der Waals surface area contributed by atoms with Crippen LogP contribution in [0.3, 0.4) is 0 Å². The predicted octanol–water partition coefficient (Wildman–Crippen LogP) is 3.66. The Labute approximate surface area is 108 Å². The number of nitrogens with one attached hydrogen (secondary N) is 1. The molecular weight excluding hydrogens is 222 g/mol. The van der Waals surface area contributed by atoms with Crippen LogP contribution in [-0.2, 0) is 6.42 Å². The van der Waals surface area contributed by atoms with E-state index in [9.17, 15) is 0 Å². The van der Waals surface area contributed by atoms with Crippen LogP contribution < -0.4 is 5.73 Å². The molecular formula is C15H21N3. The molecule has 2 aromatic rings. The summed E-state index contributed by atoms with van der Waals surface area (Å²) < 4.78 is 0. The molecule has 0 radical (unpaired) electrons. The van der Waals surface area contributed by atoms with Gasteiger partial charge in [0.2, 0.25) is 0 Å². The molecule has 3 heteroatoms. The molecule has 1 aromatic heterocycles. The van der Waals surface area contributed by atoms with Crippen molar-refractivity contribution in [1.29, 1.82) is 0 Å². The molecule has 1 aliphatic carbocycles. The summed E-state index contributed by atoms with van der Waals surface area (Å²) in [5, 5.41) is 0. The van der Waals surface area contributed by atoms with Gasteiger partial charge >= 0.3 is 0 Å². The predicted molar refractivity (Wildman–Crippen MR) is 75.4 cm³/mol. The third kappa shape index (κ3) is 2.50. The SMILES string of the molecule is Nc1ccc2nc(CC3CCCCCC3)[nH]c2c1. The largest absolute Gasteiger partial charge is 0.399 e. The molecule has 0 amide bonds. The standard InChI is InChI=1S/C15H21N3/c16-12-7-8-13-14(10-12)18-15(17-13)9-11-5-3-1-2-4-6-11/h7-8,10-11H,1-6,9,16H2,(H,17,18). The van der Waals surface area contributed by atoms with E-state index in [-0.39, 0.29) is 0 Å². The normalized spacial score (nSPS) is 18.0. The van der Waals surface area contributed by atoms with Gasteiger partial charge in [-0.25, -0.2) is 4.98 Å². The molecule has 1 fully saturated rings. The summed E-state index contributed by atoms with van der Waals surface area (Å²) in [6.45, 7) is 0. The fourth-order valence-corrected chi connectivity index (χ4v) is 3.02. The molecule has 0 saturated heterocycles. The Bertz CT molecular complexity index is 522. The van der Waals surface area contributed by atoms with Crippen LogP contribution in [0, 0.1) is 5.92 Å². The first kappa shape index (κ1) is 11.6. The number of nitrogens with two attached hydrogens (primary N) is 1. The lowest BCUT2D eigenvalue weighted by Gasteiger charge is -2.11. The number of nitrogen functional groups attached to an aromatic ring is 1. The Morgan fingerprint density at radius 2 is 1.94 bits per heavy atom. The summed E-state index contributed by atoms with van der Waals surface area (Å²) in [5.74, 6) is 1.94. The number of H-pyrrole nitrogens is 1. The van der Waals surface area contributed by atoms with Gasteiger partial charge in [-0.15, -0.1) is 0 Å². The third-order valence-electron chi connectivity index (χ3n) is 4.01. The Morgan fingerprint density at radius 3 is 2.72 bits per heavy atom. The van der Waals surface area contributed by atoms with Gasteiger partial charge in [-0.05, 0) is 24.1 Å². The van der Waals surface area contributed by atoms with E-state index in [4.69, 9.17) is 5.73 Å². The van der Waals surface area contributed by atoms with Crippen molar-refractivity contribution >= 4 is 16.7 Å². The fraction of sp³-hybridized carbons (Fsp3) is 0.533. The van der Waals surface area contributed by atoms with Crippen molar-refractivity contribution in [2.75, 3.05) is 5.73 Å². The minimum Gasteiger partial charge on any atom is -0.399 e. The summed E-state index contributed by atoms with van der Waals surface area (Å²) in [6.07, 6.45) is 9.41. The lowest BCUT2D eigenvalue weighted by molar-refractivity contribution is 0.450. The zero-order valence-corrected chi connectivity index (χ0v) is 10.8. The maximum atomic E-state index is 5.79. The number of anilines is 1. The molecule has 1 aliphatic rings. The second-order valence-electron chi connectivity index (χ2n) is 5.52. The molecule has 0 spiro atoms. The molecule has 1 saturated carbocycles. The van der Waals surface area contributed by atoms with Gasteiger partial charge in [-0.2, -0.15) is 0 Å². The summed E-state index contributed by atoms with van der Waals surface area (Å²) in [5.41, 5.74) is 8.69. The average Bonchev–Trinajstić information content (AvgIpc) is 2.57. The van der Waals surface area contributed by atoms with Crippen molar-refractivity contribution in [3.8, 4) is 0 Å². The number of nitrogens with zero attached hydrogens (tertiary/aromatic N) is 1. The number of aromatic amines is 1. The monoisotopic (exact) mass is 243 g/mol. The highest BCUT2D eigenvalue weighted by atomic mass is 14.9. The van der Waals surface area contributed by atoms with Gasteiger partial charge in [-0.3, -0.25) is 0 Å². The zero-order chi connectivity index (χ0) is 12.4. The Kier molecular flexibility index (Phi) is 3.22. The molecule has 3 rings (SSSR count). The van der Waals surface area contributed by atoms with Gasteiger partial charge in [0, 0.05) is 12.1 Å². The van der Waals surface area contributed by atoms with Crippen LogP contribution in [0.4, 0.5) is 5.69 Å². The third-order valence-corrected chi connectivity index (χ3v) is 4.01. The molecule has 3 N–H and O–H groups in total. The van der Waals surface area contributed by atoms with E-state index in [1.54, 1.807) is 0 Å². The molecule has 0 bridgehead atoms. The van der Waals surface area contributed by atoms with Gasteiger partial charge in [0.05, 0.1) is 11.0 Å². The van der Waals surface area contributed by atoms with E-state index in [2.05, 4.69) is 9.97 Å². The average molecular weight is 243 g/mol. The second kappa shape index (κ2) is 5.01. The summed E-state index contributed by atoms with van der Waals surface area (Å²) in [7, 11) is 0. The van der Waals surface area contributed by atoms with E-state index in [0.717, 1.165) is 34.9 Å². The van der Waals surface area contributed by atoms with Gasteiger partial charge in [0.1, 0.15) is 5.82 Å². The highest BCUT2D eigenvalue weighted by Gasteiger charge is 2.14. The van der Waals surface area contributed by atoms with Crippen molar-refractivity contribution in [1.82, 2.24) is 9.97 Å². The summed E-state index contributed by atoms with van der Waals surface area (Å²) in [6, 6.07) is 5.88. The van der Waals surface area contributed by atoms with E-state index in [0.29, 0.717) is 0 Å². The Hall–Kier alpha value is -1.51. The first-order valence-electron chi connectivity index (χ1n) is 7.05. The number of imidazole rings is 1. The van der Waals surface area contributed by atoms with Crippen molar-refractivity contribution < 1.29 is 0 Å². The van der Waals surface area contributed by atoms with E-state index in [1.165, 1.54) is 38.5 Å². The van der Waals surface area contributed by atoms with Crippen molar-refractivity contribution in [2.24, 2.45) is 5.92 Å². The maximum absolute atomic E-state index is 5.79. The van der Waals surface area contributed by atoms with Gasteiger partial charge < -0.3 is 10.7 Å². The van der Waals surface area contributed by atoms with Crippen LogP contribution in [0.15, 0.2) is 18.2 Å². The molecule has 96 valence electrons. The molecule has 1 heterocycles. The lowest BCUT2D eigenvalue weighted by Crippen LogP contribution is -2.04. The quantitative estimate of drug-likeness (QED) is 0.624. The van der Waals surface area contributed by atoms with Crippen LogP contribution in [0.2, 0.25) is 0 Å². The number of rotatable bonds is 2. The second-order valence-corrected chi connectivity index (χ2v) is 5.52. The van der Waals surface area contributed by atoms with Gasteiger partial charge in [0.25, 0.3) is 0 Å². The lowest BCUT2D eigenvalue weighted by atomic mass is 9.96. The maximum Gasteiger partial charge on any atom is 0.107 e. The molecule has 0 atom stereocenters. The van der Waals surface area contributed by atoms with Crippen molar-refractivity contribution in [3.63, 3.8) is 0 Å². The number of hydrogen-bond acceptors (Lipinski definition) is 2. The molecule has 18 heavy (non-hydrogen) atoms. The topological polar surface area (TPSA) is 54.7 Å². The number of fused-ring (bicyclic) bond motifs is 1. The van der Waals surface area contributed by atoms with Gasteiger partial charge in [-0.1, -0.05) is 38.5 Å². The number of aromatic nitrogens is 2. The highest BCUT2D eigenvalue weighted by molar-refractivity contribution is 5.78. The Morgan fingerprint density at radius 1 is 1.17 bits per heavy atom. The van der Waals surface area contributed by atoms with Crippen LogP contribution in [0.5, 0.6) is 0 Å². The smallest absolute Gasteiger partial charge is 0.107 e. The Balaban J connectivity index is 1.77. The van der Waals surface area contributed by atoms with Crippen LogP contribution in [0.25, 0.3) is 11.0 Å². The van der Waals surface area contributed by atoms with Crippen molar-refractivity contribution in [3.05, 3.63) is 24.0 Å². The molecule has 3 nitrogen and oxygen atoms in total. The zero-order valence-electron chi connectivity index (χ0n) is 10.8. The van der Waals surface area contributed by atoms with E-state index in [1.807, 2.05) is 18.2 Å². The van der Waals surface area contributed by atoms with E-state index < -0.39 is 0 Å². The highest BCUT2D eigenvalue weighted by Crippen LogP contribution is 2.26. The molecule has 0 unspecified atom stereocenters. The summed E-state index contributed by atoms with van der Waals surface area (Å²) in [4.78, 5) is 8.08. The molecule has 1 aromatic carbocycles. The summed E-state index contributed by atoms with van der Waals surface area (Å²) >= 11 is 0. The minimum atomic E-state index is 0.798. The first-order valence-corrected chi connectivity index (χ1v) is 7.05. The van der Waals surface area contributed by atoms with Gasteiger partial charge in [0.15, 0.2) is 0 Å². The molecule has 0 aliphatic heterocycles. The minimum absolute atomic E-state index is 0.798. The van der Waals surface area contributed by atoms with Crippen LogP contribution in [0.1, 0.15) is 44.3 Å². The van der Waals surface area contributed by atoms with E-state index >= 15 is 0 Å². The van der Waals surface area contributed by atoms with Crippen molar-refractivity contribution in [2.45, 2.75) is 44.9 Å².